The van der Waals surface area contributed by atoms with Crippen molar-refractivity contribution in [1.29, 1.82) is 0 Å². The minimum atomic E-state index is -0.348. The van der Waals surface area contributed by atoms with E-state index in [-0.39, 0.29) is 11.6 Å². The zero-order valence-electron chi connectivity index (χ0n) is 8.24. The Morgan fingerprint density at radius 1 is 1.38 bits per heavy atom. The van der Waals surface area contributed by atoms with Gasteiger partial charge in [0.05, 0.1) is 0 Å². The molecule has 82 valence electrons. The van der Waals surface area contributed by atoms with E-state index in [1.807, 2.05) is 17.5 Å². The van der Waals surface area contributed by atoms with E-state index in [1.165, 1.54) is 18.2 Å². The molecule has 0 unspecified atom stereocenters. The summed E-state index contributed by atoms with van der Waals surface area (Å²) in [6.45, 7) is 0. The van der Waals surface area contributed by atoms with Gasteiger partial charge < -0.3 is 0 Å². The SMILES string of the molecule is O=C(Cc1cccs1)c1ccc(F)cc1Br. The molecule has 0 saturated carbocycles. The Labute approximate surface area is 105 Å². The number of carbonyl (C=O) groups is 1. The van der Waals surface area contributed by atoms with Crippen molar-refractivity contribution < 1.29 is 9.18 Å². The third-order valence-corrected chi connectivity index (χ3v) is 3.68. The van der Waals surface area contributed by atoms with Crippen LogP contribution in [-0.2, 0) is 6.42 Å². The lowest BCUT2D eigenvalue weighted by molar-refractivity contribution is 0.0993. The summed E-state index contributed by atoms with van der Waals surface area (Å²) >= 11 is 4.74. The summed E-state index contributed by atoms with van der Waals surface area (Å²) in [6, 6.07) is 7.94. The first-order valence-corrected chi connectivity index (χ1v) is 6.35. The Hall–Kier alpha value is -1.00. The molecular weight excluding hydrogens is 291 g/mol. The summed E-state index contributed by atoms with van der Waals surface area (Å²) in [5, 5.41) is 1.93. The lowest BCUT2D eigenvalue weighted by Crippen LogP contribution is -2.03. The summed E-state index contributed by atoms with van der Waals surface area (Å²) in [5.74, 6) is -0.353. The number of carbonyl (C=O) groups excluding carboxylic acids is 1. The van der Waals surface area contributed by atoms with Gasteiger partial charge in [-0.25, -0.2) is 4.39 Å². The van der Waals surface area contributed by atoms with Crippen LogP contribution in [0.3, 0.4) is 0 Å². The van der Waals surface area contributed by atoms with E-state index in [0.717, 1.165) is 4.88 Å². The summed E-state index contributed by atoms with van der Waals surface area (Å²) in [5.41, 5.74) is 0.523. The number of thiophene rings is 1. The standard InChI is InChI=1S/C12H8BrFOS/c13-11-6-8(14)3-4-10(11)12(15)7-9-2-1-5-16-9/h1-6H,7H2. The maximum Gasteiger partial charge on any atom is 0.169 e. The average molecular weight is 299 g/mol. The predicted molar refractivity (Wildman–Crippen MR) is 66.5 cm³/mol. The van der Waals surface area contributed by atoms with Crippen molar-refractivity contribution in [2.24, 2.45) is 0 Å². The summed E-state index contributed by atoms with van der Waals surface area (Å²) < 4.78 is 13.4. The molecule has 0 aliphatic rings. The number of benzene rings is 1. The van der Waals surface area contributed by atoms with Crippen molar-refractivity contribution in [2.75, 3.05) is 0 Å². The van der Waals surface area contributed by atoms with Crippen LogP contribution in [-0.4, -0.2) is 5.78 Å². The van der Waals surface area contributed by atoms with Gasteiger partial charge in [-0.3, -0.25) is 4.79 Å². The van der Waals surface area contributed by atoms with Gasteiger partial charge in [0.15, 0.2) is 5.78 Å². The van der Waals surface area contributed by atoms with Crippen LogP contribution in [0.5, 0.6) is 0 Å². The Kier molecular flexibility index (Phi) is 3.51. The number of rotatable bonds is 3. The van der Waals surface area contributed by atoms with Crippen LogP contribution in [0.25, 0.3) is 0 Å². The molecule has 2 rings (SSSR count). The molecule has 0 bridgehead atoms. The molecule has 16 heavy (non-hydrogen) atoms. The molecule has 0 aliphatic carbocycles. The fourth-order valence-corrected chi connectivity index (χ4v) is 2.66. The molecule has 0 atom stereocenters. The van der Waals surface area contributed by atoms with Crippen molar-refractivity contribution in [1.82, 2.24) is 0 Å². The molecule has 0 fully saturated rings. The molecule has 1 nitrogen and oxygen atoms in total. The molecular formula is C12H8BrFOS. The molecule has 0 saturated heterocycles. The van der Waals surface area contributed by atoms with Gasteiger partial charge in [-0.15, -0.1) is 11.3 Å². The molecule has 0 spiro atoms. The maximum absolute atomic E-state index is 12.8. The Balaban J connectivity index is 2.21. The number of halogens is 2. The zero-order chi connectivity index (χ0) is 11.5. The number of Topliss-reactive ketones (excluding diaryl/α,β-unsaturated/α-hetero) is 1. The van der Waals surface area contributed by atoms with E-state index in [2.05, 4.69) is 15.9 Å². The molecule has 2 aromatic rings. The van der Waals surface area contributed by atoms with Crippen LogP contribution < -0.4 is 0 Å². The van der Waals surface area contributed by atoms with Crippen LogP contribution in [0.4, 0.5) is 4.39 Å². The van der Waals surface area contributed by atoms with Crippen LogP contribution in [0, 0.1) is 5.82 Å². The van der Waals surface area contributed by atoms with E-state index in [0.29, 0.717) is 16.5 Å². The first kappa shape index (κ1) is 11.5. The number of ketones is 1. The molecule has 0 amide bonds. The highest BCUT2D eigenvalue weighted by molar-refractivity contribution is 9.10. The van der Waals surface area contributed by atoms with Crippen molar-refractivity contribution in [3.8, 4) is 0 Å². The maximum atomic E-state index is 12.8. The largest absolute Gasteiger partial charge is 0.294 e. The van der Waals surface area contributed by atoms with Crippen molar-refractivity contribution in [3.63, 3.8) is 0 Å². The minimum absolute atomic E-state index is 0.00525. The summed E-state index contributed by atoms with van der Waals surface area (Å²) in [6.07, 6.45) is 0.363. The highest BCUT2D eigenvalue weighted by atomic mass is 79.9. The fourth-order valence-electron chi connectivity index (χ4n) is 1.38. The normalized spacial score (nSPS) is 10.4. The van der Waals surface area contributed by atoms with Crippen molar-refractivity contribution >= 4 is 33.0 Å². The monoisotopic (exact) mass is 298 g/mol. The molecule has 1 heterocycles. The topological polar surface area (TPSA) is 17.1 Å². The van der Waals surface area contributed by atoms with Crippen LogP contribution >= 0.6 is 27.3 Å². The van der Waals surface area contributed by atoms with Crippen LogP contribution in [0.1, 0.15) is 15.2 Å². The summed E-state index contributed by atoms with van der Waals surface area (Å²) in [4.78, 5) is 12.9. The van der Waals surface area contributed by atoms with Gasteiger partial charge in [0.2, 0.25) is 0 Å². The second-order valence-corrected chi connectivity index (χ2v) is 5.19. The number of hydrogen-bond donors (Lipinski definition) is 0. The lowest BCUT2D eigenvalue weighted by Gasteiger charge is -2.02. The van der Waals surface area contributed by atoms with Crippen molar-refractivity contribution in [3.05, 3.63) is 56.4 Å². The Morgan fingerprint density at radius 2 is 2.19 bits per heavy atom. The molecule has 0 radical (unpaired) electrons. The second kappa shape index (κ2) is 4.89. The third kappa shape index (κ3) is 2.57. The van der Waals surface area contributed by atoms with Gasteiger partial charge in [0.25, 0.3) is 0 Å². The lowest BCUT2D eigenvalue weighted by atomic mass is 10.1. The van der Waals surface area contributed by atoms with Crippen molar-refractivity contribution in [2.45, 2.75) is 6.42 Å². The molecule has 1 aromatic heterocycles. The van der Waals surface area contributed by atoms with E-state index < -0.39 is 0 Å². The molecule has 1 aromatic carbocycles. The fraction of sp³-hybridized carbons (Fsp3) is 0.0833. The number of hydrogen-bond acceptors (Lipinski definition) is 2. The van der Waals surface area contributed by atoms with E-state index in [9.17, 15) is 9.18 Å². The first-order chi connectivity index (χ1) is 7.66. The van der Waals surface area contributed by atoms with Gasteiger partial charge >= 0.3 is 0 Å². The van der Waals surface area contributed by atoms with Gasteiger partial charge in [0, 0.05) is 21.3 Å². The molecule has 0 aliphatic heterocycles. The van der Waals surface area contributed by atoms with Crippen LogP contribution in [0.2, 0.25) is 0 Å². The van der Waals surface area contributed by atoms with Gasteiger partial charge in [0.1, 0.15) is 5.82 Å². The highest BCUT2D eigenvalue weighted by Gasteiger charge is 2.11. The minimum Gasteiger partial charge on any atom is -0.294 e. The average Bonchev–Trinajstić information content (AvgIpc) is 2.70. The smallest absolute Gasteiger partial charge is 0.169 e. The second-order valence-electron chi connectivity index (χ2n) is 3.30. The third-order valence-electron chi connectivity index (χ3n) is 2.15. The van der Waals surface area contributed by atoms with Crippen LogP contribution in [0.15, 0.2) is 40.2 Å². The van der Waals surface area contributed by atoms with E-state index in [4.69, 9.17) is 0 Å². The van der Waals surface area contributed by atoms with E-state index in [1.54, 1.807) is 11.3 Å². The Bertz CT molecular complexity index is 508. The highest BCUT2D eigenvalue weighted by Crippen LogP contribution is 2.21. The molecule has 0 N–H and O–H groups in total. The quantitative estimate of drug-likeness (QED) is 0.781. The zero-order valence-corrected chi connectivity index (χ0v) is 10.6. The van der Waals surface area contributed by atoms with E-state index >= 15 is 0 Å². The molecule has 4 heteroatoms. The first-order valence-electron chi connectivity index (χ1n) is 4.67. The summed E-state index contributed by atoms with van der Waals surface area (Å²) in [7, 11) is 0. The van der Waals surface area contributed by atoms with Gasteiger partial charge in [-0.2, -0.15) is 0 Å². The van der Waals surface area contributed by atoms with Gasteiger partial charge in [-0.05, 0) is 45.6 Å². The Morgan fingerprint density at radius 3 is 2.81 bits per heavy atom. The predicted octanol–water partition coefficient (Wildman–Crippen LogP) is 4.08. The van der Waals surface area contributed by atoms with Gasteiger partial charge in [-0.1, -0.05) is 6.07 Å².